The number of rotatable bonds is 12. The Kier molecular flexibility index (Phi) is 9.62. The molecule has 41 heavy (non-hydrogen) atoms. The molecule has 4 rings (SSSR count). The Hall–Kier alpha value is -3.14. The zero-order chi connectivity index (χ0) is 29.9. The van der Waals surface area contributed by atoms with Crippen LogP contribution in [0.2, 0.25) is 0 Å². The largest absolute Gasteiger partial charge is 0.494 e. The van der Waals surface area contributed by atoms with Gasteiger partial charge in [0.05, 0.1) is 45.1 Å². The predicted molar refractivity (Wildman–Crippen MR) is 161 cm³/mol. The van der Waals surface area contributed by atoms with Crippen LogP contribution in [0.25, 0.3) is 17.2 Å². The van der Waals surface area contributed by atoms with Gasteiger partial charge in [-0.3, -0.25) is 9.25 Å². The first-order valence-electron chi connectivity index (χ1n) is 12.3. The lowest BCUT2D eigenvalue weighted by molar-refractivity contribution is 0.200. The number of nitrogens with zero attached hydrogens (tertiary/aromatic N) is 6. The van der Waals surface area contributed by atoms with Crippen molar-refractivity contribution in [3.8, 4) is 28.7 Å². The number of anilines is 1. The lowest BCUT2D eigenvalue weighted by Gasteiger charge is -2.26. The zero-order valence-electron chi connectivity index (χ0n) is 23.2. The van der Waals surface area contributed by atoms with Crippen LogP contribution in [0.5, 0.6) is 11.5 Å². The van der Waals surface area contributed by atoms with E-state index in [4.69, 9.17) is 9.47 Å². The minimum atomic E-state index is -4.24. The Bertz CT molecular complexity index is 1610. The monoisotopic (exact) mass is 669 g/mol. The fourth-order valence-corrected chi connectivity index (χ4v) is 6.95. The Morgan fingerprint density at radius 2 is 1.80 bits per heavy atom. The molecule has 0 spiro atoms. The highest BCUT2D eigenvalue weighted by atomic mass is 79.9. The first-order valence-corrected chi connectivity index (χ1v) is 16.9. The van der Waals surface area contributed by atoms with Crippen molar-refractivity contribution in [1.29, 1.82) is 0 Å². The van der Waals surface area contributed by atoms with Crippen LogP contribution in [-0.4, -0.2) is 82.9 Å². The van der Waals surface area contributed by atoms with Crippen molar-refractivity contribution in [3.05, 3.63) is 64.5 Å². The molecule has 2 heterocycles. The molecule has 0 saturated heterocycles. The van der Waals surface area contributed by atoms with E-state index in [0.717, 1.165) is 10.4 Å². The Morgan fingerprint density at radius 1 is 1.12 bits per heavy atom. The van der Waals surface area contributed by atoms with Crippen molar-refractivity contribution in [1.82, 2.24) is 24.5 Å². The molecule has 1 N–H and O–H groups in total. The van der Waals surface area contributed by atoms with E-state index in [1.165, 1.54) is 26.4 Å². The molecule has 2 aromatic carbocycles. The van der Waals surface area contributed by atoms with Crippen LogP contribution in [0, 0.1) is 5.82 Å². The number of aromatic nitrogens is 5. The summed E-state index contributed by atoms with van der Waals surface area (Å²) < 4.78 is 57.6. The van der Waals surface area contributed by atoms with Crippen molar-refractivity contribution < 1.29 is 27.4 Å². The number of ether oxygens (including phenoxy) is 2. The normalized spacial score (nSPS) is 12.5. The molecule has 11 nitrogen and oxygen atoms in total. The second kappa shape index (κ2) is 12.8. The SMILES string of the molecule is COc1cccc(OC)c1-n1c(-c2ccn(C)n2)nnc1N(CC[S+](C)C)S(=O)(=O)C[C@@H](O)c1ccc(F)cc1Br. The van der Waals surface area contributed by atoms with E-state index in [1.807, 2.05) is 12.5 Å². The van der Waals surface area contributed by atoms with E-state index in [1.54, 1.807) is 46.8 Å². The zero-order valence-corrected chi connectivity index (χ0v) is 26.4. The third kappa shape index (κ3) is 6.68. The molecule has 0 fully saturated rings. The van der Waals surface area contributed by atoms with E-state index in [0.29, 0.717) is 28.6 Å². The van der Waals surface area contributed by atoms with Crippen LogP contribution in [-0.2, 0) is 28.0 Å². The highest BCUT2D eigenvalue weighted by molar-refractivity contribution is 9.10. The van der Waals surface area contributed by atoms with Crippen molar-refractivity contribution in [3.63, 3.8) is 0 Å². The number of para-hydroxylation sites is 1. The van der Waals surface area contributed by atoms with Crippen molar-refractivity contribution in [2.45, 2.75) is 6.10 Å². The summed E-state index contributed by atoms with van der Waals surface area (Å²) in [5.41, 5.74) is 1.06. The van der Waals surface area contributed by atoms with Gasteiger partial charge in [0.2, 0.25) is 16.0 Å². The second-order valence-electron chi connectivity index (χ2n) is 9.27. The van der Waals surface area contributed by atoms with Crippen molar-refractivity contribution >= 4 is 42.8 Å². The van der Waals surface area contributed by atoms with Crippen LogP contribution in [0.4, 0.5) is 10.3 Å². The first kappa shape index (κ1) is 30.8. The number of aliphatic hydroxyl groups is 1. The number of methoxy groups -OCH3 is 2. The van der Waals surface area contributed by atoms with E-state index < -0.39 is 27.7 Å². The third-order valence-electron chi connectivity index (χ3n) is 6.17. The number of hydrogen-bond donors (Lipinski definition) is 1. The maximum Gasteiger partial charge on any atom is 0.246 e. The van der Waals surface area contributed by atoms with Gasteiger partial charge in [0.25, 0.3) is 0 Å². The molecule has 0 radical (unpaired) electrons. The summed E-state index contributed by atoms with van der Waals surface area (Å²) in [7, 11) is 0.377. The molecule has 0 aliphatic heterocycles. The molecule has 0 amide bonds. The lowest BCUT2D eigenvalue weighted by atomic mass is 10.1. The van der Waals surface area contributed by atoms with E-state index in [2.05, 4.69) is 31.2 Å². The second-order valence-corrected chi connectivity index (χ2v) is 14.4. The Balaban J connectivity index is 1.92. The van der Waals surface area contributed by atoms with Gasteiger partial charge in [-0.05, 0) is 46.8 Å². The van der Waals surface area contributed by atoms with Crippen LogP contribution >= 0.6 is 15.9 Å². The minimum Gasteiger partial charge on any atom is -0.494 e. The smallest absolute Gasteiger partial charge is 0.246 e. The highest BCUT2D eigenvalue weighted by Gasteiger charge is 2.35. The van der Waals surface area contributed by atoms with Gasteiger partial charge in [-0.1, -0.05) is 28.1 Å². The fraction of sp³-hybridized carbons (Fsp3) is 0.346. The summed E-state index contributed by atoms with van der Waals surface area (Å²) in [5.74, 6) is 0.331. The summed E-state index contributed by atoms with van der Waals surface area (Å²) in [6.45, 7) is 0.0631. The molecule has 220 valence electrons. The number of aryl methyl sites for hydroxylation is 1. The molecular formula is C26H31BrFN6O5S2+. The molecule has 0 aliphatic carbocycles. The first-order chi connectivity index (χ1) is 19.5. The summed E-state index contributed by atoms with van der Waals surface area (Å²) in [6.07, 6.45) is 4.29. The molecule has 2 aromatic heterocycles. The summed E-state index contributed by atoms with van der Waals surface area (Å²) >= 11 is 3.22. The molecule has 15 heteroatoms. The number of hydrogen-bond acceptors (Lipinski definition) is 8. The Labute approximate surface area is 249 Å². The average Bonchev–Trinajstić information content (AvgIpc) is 3.53. The molecule has 0 unspecified atom stereocenters. The van der Waals surface area contributed by atoms with Gasteiger partial charge < -0.3 is 14.6 Å². The number of sulfonamides is 1. The number of halogens is 2. The maximum atomic E-state index is 14.1. The van der Waals surface area contributed by atoms with Crippen molar-refractivity contribution in [2.24, 2.45) is 7.05 Å². The molecule has 0 bridgehead atoms. The van der Waals surface area contributed by atoms with E-state index in [-0.39, 0.29) is 39.2 Å². The third-order valence-corrected chi connectivity index (χ3v) is 9.61. The maximum absolute atomic E-state index is 14.1. The van der Waals surface area contributed by atoms with Gasteiger partial charge in [0.15, 0.2) is 5.82 Å². The molecule has 0 aliphatic rings. The summed E-state index contributed by atoms with van der Waals surface area (Å²) in [5, 5.41) is 24.2. The summed E-state index contributed by atoms with van der Waals surface area (Å²) in [4.78, 5) is 0. The lowest BCUT2D eigenvalue weighted by Crippen LogP contribution is -2.39. The number of aliphatic hydroxyl groups excluding tert-OH is 1. The Morgan fingerprint density at radius 3 is 2.37 bits per heavy atom. The van der Waals surface area contributed by atoms with Crippen LogP contribution < -0.4 is 13.8 Å². The van der Waals surface area contributed by atoms with Gasteiger partial charge in [-0.15, -0.1) is 10.2 Å². The molecule has 0 saturated carbocycles. The van der Waals surface area contributed by atoms with Gasteiger partial charge in [-0.2, -0.15) is 5.10 Å². The van der Waals surface area contributed by atoms with E-state index in [9.17, 15) is 17.9 Å². The van der Waals surface area contributed by atoms with Crippen LogP contribution in [0.3, 0.4) is 0 Å². The molecular weight excluding hydrogens is 639 g/mol. The van der Waals surface area contributed by atoms with Crippen LogP contribution in [0.1, 0.15) is 11.7 Å². The van der Waals surface area contributed by atoms with Gasteiger partial charge in [0, 0.05) is 17.7 Å². The van der Waals surface area contributed by atoms with Crippen molar-refractivity contribution in [2.75, 3.05) is 49.1 Å². The van der Waals surface area contributed by atoms with Gasteiger partial charge in [-0.25, -0.2) is 17.1 Å². The topological polar surface area (TPSA) is 125 Å². The van der Waals surface area contributed by atoms with Gasteiger partial charge >= 0.3 is 0 Å². The number of benzene rings is 2. The van der Waals surface area contributed by atoms with Gasteiger partial charge in [0.1, 0.15) is 34.5 Å². The summed E-state index contributed by atoms with van der Waals surface area (Å²) in [6, 6.07) is 10.6. The highest BCUT2D eigenvalue weighted by Crippen LogP contribution is 2.39. The fourth-order valence-electron chi connectivity index (χ4n) is 4.18. The quantitative estimate of drug-likeness (QED) is 0.228. The minimum absolute atomic E-state index is 0.0238. The van der Waals surface area contributed by atoms with E-state index >= 15 is 0 Å². The average molecular weight is 671 g/mol. The molecule has 4 aromatic rings. The predicted octanol–water partition coefficient (Wildman–Crippen LogP) is 3.33. The van der Waals surface area contributed by atoms with Crippen LogP contribution in [0.15, 0.2) is 53.1 Å². The standard InChI is InChI=1S/C26H31BrFN6O5S2/c1-32-12-11-20(31-32)25-29-30-26(34(25)24-22(38-2)7-6-8-23(24)39-3)33(13-14-40(4)5)41(36,37)16-21(35)18-10-9-17(28)15-19(18)27/h6-12,15,21,35H,13-14,16H2,1-5H3/q+1/t21-/m1/s1. The molecule has 1 atom stereocenters.